The molecule has 1 aromatic heterocycles. The van der Waals surface area contributed by atoms with Crippen molar-refractivity contribution < 1.29 is 14.1 Å². The first-order valence-corrected chi connectivity index (χ1v) is 5.72. The number of carbonyl (C=O) groups excluding carboxylic acids is 1. The summed E-state index contributed by atoms with van der Waals surface area (Å²) in [6.45, 7) is 0. The minimum atomic E-state index is -0.894. The van der Waals surface area contributed by atoms with Crippen LogP contribution in [-0.4, -0.2) is 15.8 Å². The minimum Gasteiger partial charge on any atom is -0.314 e. The SMILES string of the molecule is O=C(Nc1c(F)cccc1[N+](=O)[O-])c1ccc(Cl)nc1. The highest BCUT2D eigenvalue weighted by Gasteiger charge is 2.20. The summed E-state index contributed by atoms with van der Waals surface area (Å²) in [6.07, 6.45) is 1.18. The van der Waals surface area contributed by atoms with Crippen LogP contribution in [-0.2, 0) is 0 Å². The second kappa shape index (κ2) is 5.62. The van der Waals surface area contributed by atoms with Gasteiger partial charge in [-0.3, -0.25) is 14.9 Å². The summed E-state index contributed by atoms with van der Waals surface area (Å²) in [6, 6.07) is 6.05. The first-order valence-electron chi connectivity index (χ1n) is 5.35. The Hall–Kier alpha value is -2.54. The van der Waals surface area contributed by atoms with E-state index < -0.39 is 28.0 Å². The largest absolute Gasteiger partial charge is 0.314 e. The number of halogens is 2. The quantitative estimate of drug-likeness (QED) is 0.536. The second-order valence-corrected chi connectivity index (χ2v) is 4.10. The highest BCUT2D eigenvalue weighted by Crippen LogP contribution is 2.27. The lowest BCUT2D eigenvalue weighted by Crippen LogP contribution is -2.14. The van der Waals surface area contributed by atoms with Crippen molar-refractivity contribution in [2.24, 2.45) is 0 Å². The molecule has 0 saturated heterocycles. The van der Waals surface area contributed by atoms with Gasteiger partial charge >= 0.3 is 0 Å². The second-order valence-electron chi connectivity index (χ2n) is 3.71. The number of carbonyl (C=O) groups is 1. The molecule has 0 aliphatic rings. The van der Waals surface area contributed by atoms with Crippen LogP contribution in [0, 0.1) is 15.9 Å². The highest BCUT2D eigenvalue weighted by atomic mass is 35.5. The van der Waals surface area contributed by atoms with Crippen molar-refractivity contribution in [3.05, 3.63) is 63.2 Å². The van der Waals surface area contributed by atoms with Crippen LogP contribution < -0.4 is 5.32 Å². The van der Waals surface area contributed by atoms with Crippen molar-refractivity contribution in [2.45, 2.75) is 0 Å². The zero-order chi connectivity index (χ0) is 14.7. The first kappa shape index (κ1) is 13.9. The maximum absolute atomic E-state index is 13.6. The Labute approximate surface area is 117 Å². The van der Waals surface area contributed by atoms with Crippen molar-refractivity contribution in [3.63, 3.8) is 0 Å². The lowest BCUT2D eigenvalue weighted by atomic mass is 10.2. The molecule has 0 radical (unpaired) electrons. The van der Waals surface area contributed by atoms with E-state index in [4.69, 9.17) is 11.6 Å². The van der Waals surface area contributed by atoms with E-state index in [-0.39, 0.29) is 10.7 Å². The fourth-order valence-corrected chi connectivity index (χ4v) is 1.60. The lowest BCUT2D eigenvalue weighted by molar-refractivity contribution is -0.384. The molecule has 0 saturated carbocycles. The Morgan fingerprint density at radius 2 is 2.10 bits per heavy atom. The third kappa shape index (κ3) is 2.89. The van der Waals surface area contributed by atoms with Crippen molar-refractivity contribution in [2.75, 3.05) is 5.32 Å². The zero-order valence-corrected chi connectivity index (χ0v) is 10.6. The third-order valence-corrected chi connectivity index (χ3v) is 2.64. The Morgan fingerprint density at radius 3 is 2.70 bits per heavy atom. The molecule has 0 atom stereocenters. The number of amides is 1. The van der Waals surface area contributed by atoms with Gasteiger partial charge < -0.3 is 5.32 Å². The molecule has 0 aliphatic carbocycles. The number of nitro groups is 1. The molecule has 20 heavy (non-hydrogen) atoms. The molecule has 8 heteroatoms. The zero-order valence-electron chi connectivity index (χ0n) is 9.84. The lowest BCUT2D eigenvalue weighted by Gasteiger charge is -2.06. The van der Waals surface area contributed by atoms with Gasteiger partial charge in [-0.25, -0.2) is 9.37 Å². The number of hydrogen-bond acceptors (Lipinski definition) is 4. The molecule has 1 aromatic carbocycles. The van der Waals surface area contributed by atoms with Crippen LogP contribution in [0.5, 0.6) is 0 Å². The average molecular weight is 296 g/mol. The maximum atomic E-state index is 13.6. The topological polar surface area (TPSA) is 85.1 Å². The summed E-state index contributed by atoms with van der Waals surface area (Å²) in [5.41, 5.74) is -0.912. The molecule has 1 heterocycles. The number of hydrogen-bond donors (Lipinski definition) is 1. The van der Waals surface area contributed by atoms with Crippen LogP contribution in [0.1, 0.15) is 10.4 Å². The van der Waals surface area contributed by atoms with Crippen molar-refractivity contribution >= 4 is 28.9 Å². The van der Waals surface area contributed by atoms with E-state index in [1.807, 2.05) is 0 Å². The summed E-state index contributed by atoms with van der Waals surface area (Å²) in [5, 5.41) is 13.1. The van der Waals surface area contributed by atoms with Gasteiger partial charge in [0.1, 0.15) is 5.15 Å². The fourth-order valence-electron chi connectivity index (χ4n) is 1.48. The number of nitrogens with zero attached hydrogens (tertiary/aromatic N) is 2. The van der Waals surface area contributed by atoms with E-state index in [9.17, 15) is 19.3 Å². The van der Waals surface area contributed by atoms with E-state index in [2.05, 4.69) is 10.3 Å². The first-order chi connectivity index (χ1) is 9.49. The Balaban J connectivity index is 2.32. The summed E-state index contributed by atoms with van der Waals surface area (Å²) in [7, 11) is 0. The van der Waals surface area contributed by atoms with Gasteiger partial charge in [-0.15, -0.1) is 0 Å². The number of nitrogens with one attached hydrogen (secondary N) is 1. The van der Waals surface area contributed by atoms with E-state index in [1.165, 1.54) is 24.4 Å². The van der Waals surface area contributed by atoms with Crippen LogP contribution in [0.2, 0.25) is 5.15 Å². The molecule has 2 aromatic rings. The Kier molecular flexibility index (Phi) is 3.90. The smallest absolute Gasteiger partial charge is 0.295 e. The number of pyridine rings is 1. The fraction of sp³-hybridized carbons (Fsp3) is 0. The van der Waals surface area contributed by atoms with Crippen LogP contribution in [0.25, 0.3) is 0 Å². The van der Waals surface area contributed by atoms with Crippen molar-refractivity contribution in [3.8, 4) is 0 Å². The summed E-state index contributed by atoms with van der Waals surface area (Å²) < 4.78 is 13.6. The molecule has 0 spiro atoms. The van der Waals surface area contributed by atoms with Crippen LogP contribution in [0.15, 0.2) is 36.5 Å². The standard InChI is InChI=1S/C12H7ClFN3O3/c13-10-5-4-7(6-15-10)12(18)16-11-8(14)2-1-3-9(11)17(19)20/h1-6H,(H,16,18). The number of anilines is 1. The highest BCUT2D eigenvalue weighted by molar-refractivity contribution is 6.29. The predicted octanol–water partition coefficient (Wildman–Crippen LogP) is 3.03. The summed E-state index contributed by atoms with van der Waals surface area (Å²) >= 11 is 5.58. The van der Waals surface area contributed by atoms with Crippen molar-refractivity contribution in [1.82, 2.24) is 4.98 Å². The van der Waals surface area contributed by atoms with E-state index in [0.29, 0.717) is 0 Å². The van der Waals surface area contributed by atoms with Crippen molar-refractivity contribution in [1.29, 1.82) is 0 Å². The molecule has 1 N–H and O–H groups in total. The van der Waals surface area contributed by atoms with Gasteiger partial charge in [0.2, 0.25) is 0 Å². The van der Waals surface area contributed by atoms with Gasteiger partial charge in [-0.05, 0) is 18.2 Å². The summed E-state index contributed by atoms with van der Waals surface area (Å²) in [4.78, 5) is 25.6. The number of benzene rings is 1. The molecule has 0 bridgehead atoms. The minimum absolute atomic E-state index is 0.104. The molecule has 6 nitrogen and oxygen atoms in total. The predicted molar refractivity (Wildman–Crippen MR) is 70.3 cm³/mol. The molecule has 1 amide bonds. The number of rotatable bonds is 3. The van der Waals surface area contributed by atoms with Gasteiger partial charge in [-0.2, -0.15) is 0 Å². The molecule has 0 unspecified atom stereocenters. The molecule has 0 aliphatic heterocycles. The number of aromatic nitrogens is 1. The Morgan fingerprint density at radius 1 is 1.35 bits per heavy atom. The Bertz CT molecular complexity index is 676. The third-order valence-electron chi connectivity index (χ3n) is 2.42. The van der Waals surface area contributed by atoms with Gasteiger partial charge in [0.25, 0.3) is 11.6 Å². The van der Waals surface area contributed by atoms with Gasteiger partial charge in [0.15, 0.2) is 11.5 Å². The summed E-state index contributed by atoms with van der Waals surface area (Å²) in [5.74, 6) is -1.61. The average Bonchev–Trinajstić information content (AvgIpc) is 2.41. The van der Waals surface area contributed by atoms with Crippen LogP contribution >= 0.6 is 11.6 Å². The van der Waals surface area contributed by atoms with E-state index >= 15 is 0 Å². The molecular weight excluding hydrogens is 289 g/mol. The van der Waals surface area contributed by atoms with Crippen LogP contribution in [0.3, 0.4) is 0 Å². The molecule has 102 valence electrons. The number of nitro benzene ring substituents is 1. The normalized spacial score (nSPS) is 10.1. The molecule has 2 rings (SSSR count). The van der Waals surface area contributed by atoms with E-state index in [0.717, 1.165) is 12.1 Å². The monoisotopic (exact) mass is 295 g/mol. The van der Waals surface area contributed by atoms with Gasteiger partial charge in [0.05, 0.1) is 10.5 Å². The van der Waals surface area contributed by atoms with Gasteiger partial charge in [0, 0.05) is 12.3 Å². The van der Waals surface area contributed by atoms with Gasteiger partial charge in [-0.1, -0.05) is 17.7 Å². The maximum Gasteiger partial charge on any atom is 0.295 e. The number of para-hydroxylation sites is 1. The van der Waals surface area contributed by atoms with Crippen LogP contribution in [0.4, 0.5) is 15.8 Å². The van der Waals surface area contributed by atoms with E-state index in [1.54, 1.807) is 0 Å². The molecular formula is C12H7ClFN3O3. The molecule has 0 fully saturated rings.